The fourth-order valence-electron chi connectivity index (χ4n) is 0.538. The Balaban J connectivity index is -0.000000112. The van der Waals surface area contributed by atoms with Crippen LogP contribution in [0.5, 0.6) is 0 Å². The molecule has 0 aromatic carbocycles. The van der Waals surface area contributed by atoms with Gasteiger partial charge in [0, 0.05) is 12.8 Å². The van der Waals surface area contributed by atoms with E-state index < -0.39 is 29.6 Å². The predicted octanol–water partition coefficient (Wildman–Crippen LogP) is -13.8. The number of aliphatic carboxylic acids is 1. The van der Waals surface area contributed by atoms with Crippen LogP contribution in [0, 0.1) is 0 Å². The van der Waals surface area contributed by atoms with Crippen LogP contribution in [0.15, 0.2) is 0 Å². The first-order chi connectivity index (χ1) is 6.92. The summed E-state index contributed by atoms with van der Waals surface area (Å²) in [7, 11) is 0. The van der Waals surface area contributed by atoms with Gasteiger partial charge in [0.05, 0.1) is 0 Å². The number of carboxylic acid groups (broad SMARTS) is 1. The van der Waals surface area contributed by atoms with Crippen molar-refractivity contribution in [2.45, 2.75) is 17.8 Å². The maximum absolute atomic E-state index is 12.5. The normalized spacial score (nSPS) is 10.2. The molecular formula is C5H2F11NO3S-5. The fourth-order valence-corrected chi connectivity index (χ4v) is 0.666. The number of alkyl halides is 6. The lowest BCUT2D eigenvalue weighted by Gasteiger charge is -2.28. The van der Waals surface area contributed by atoms with Gasteiger partial charge in [-0.05, 0) is 0 Å². The number of carbonyl (C=O) groups excluding carboxylic acids is 1. The Morgan fingerprint density at radius 3 is 1.29 bits per heavy atom. The van der Waals surface area contributed by atoms with E-state index in [2.05, 4.69) is 12.8 Å². The zero-order valence-electron chi connectivity index (χ0n) is 8.83. The number of hydrogen-bond acceptors (Lipinski definition) is 2. The molecule has 0 aliphatic carbocycles. The van der Waals surface area contributed by atoms with E-state index >= 15 is 0 Å². The lowest BCUT2D eigenvalue weighted by molar-refractivity contribution is -0.292. The predicted molar refractivity (Wildman–Crippen MR) is 38.2 cm³/mol. The van der Waals surface area contributed by atoms with Gasteiger partial charge in [0.1, 0.15) is 0 Å². The van der Waals surface area contributed by atoms with Gasteiger partial charge in [0.2, 0.25) is 0 Å². The molecule has 1 amide bonds. The summed E-state index contributed by atoms with van der Waals surface area (Å²) >= 11 is 3.48. The minimum absolute atomic E-state index is 0. The molecule has 0 aliphatic heterocycles. The number of rotatable bonds is 4. The molecule has 0 fully saturated rings. The Bertz CT molecular complexity index is 325. The van der Waals surface area contributed by atoms with Gasteiger partial charge in [-0.2, -0.15) is 26.3 Å². The fraction of sp³-hybridized carbons (Fsp3) is 0.600. The van der Waals surface area contributed by atoms with E-state index in [0.717, 1.165) is 0 Å². The summed E-state index contributed by atoms with van der Waals surface area (Å²) in [5.41, 5.74) is 0. The van der Waals surface area contributed by atoms with Crippen LogP contribution < -0.4 is 28.2 Å². The molecule has 16 heteroatoms. The minimum Gasteiger partial charge on any atom is -1.00 e. The molecule has 0 heterocycles. The number of nitrogens with one attached hydrogen (secondary N) is 1. The summed E-state index contributed by atoms with van der Waals surface area (Å²) in [4.78, 5) is 19.9. The van der Waals surface area contributed by atoms with Crippen LogP contribution >= 0.6 is 12.8 Å². The number of carboxylic acids is 1. The lowest BCUT2D eigenvalue weighted by Crippen LogP contribution is -3.00. The molecule has 2 N–H and O–H groups in total. The van der Waals surface area contributed by atoms with Crippen LogP contribution in [0.3, 0.4) is 0 Å². The maximum Gasteiger partial charge on any atom is 0.411 e. The number of carbonyl (C=O) groups is 2. The summed E-state index contributed by atoms with van der Waals surface area (Å²) in [5, 5.41) is 7.67. The van der Waals surface area contributed by atoms with Gasteiger partial charge >= 0.3 is 29.6 Å². The molecule has 21 heavy (non-hydrogen) atoms. The Hall–Kier alpha value is -1.48. The minimum atomic E-state index is -6.41. The van der Waals surface area contributed by atoms with Gasteiger partial charge in [-0.1, -0.05) is 0 Å². The quantitative estimate of drug-likeness (QED) is 0.487. The Morgan fingerprint density at radius 2 is 1.10 bits per heavy atom. The third-order valence-corrected chi connectivity index (χ3v) is 1.62. The molecule has 0 saturated carbocycles. The van der Waals surface area contributed by atoms with Crippen molar-refractivity contribution in [3.8, 4) is 0 Å². The average molecular weight is 365 g/mol. The monoisotopic (exact) mass is 365 g/mol. The molecular weight excluding hydrogens is 363 g/mol. The molecule has 1 radical (unpaired) electrons. The topological polar surface area (TPSA) is 66.4 Å². The van der Waals surface area contributed by atoms with E-state index in [0.29, 0.717) is 4.72 Å². The van der Waals surface area contributed by atoms with Crippen LogP contribution in [0.2, 0.25) is 0 Å². The second-order valence-electron chi connectivity index (χ2n) is 2.46. The second-order valence-corrected chi connectivity index (χ2v) is 2.66. The van der Waals surface area contributed by atoms with Crippen molar-refractivity contribution in [3.05, 3.63) is 0 Å². The first-order valence-corrected chi connectivity index (χ1v) is 3.63. The summed E-state index contributed by atoms with van der Waals surface area (Å²) in [5.74, 6) is -24.9. The van der Waals surface area contributed by atoms with Crippen LogP contribution in [-0.4, -0.2) is 34.8 Å². The van der Waals surface area contributed by atoms with Gasteiger partial charge in [-0.3, -0.25) is 9.52 Å². The Kier molecular flexibility index (Phi) is 17.9. The Labute approximate surface area is 113 Å². The smallest absolute Gasteiger partial charge is 0.411 e. The lowest BCUT2D eigenvalue weighted by atomic mass is 10.0. The third kappa shape index (κ3) is 5.43. The maximum atomic E-state index is 12.5. The van der Waals surface area contributed by atoms with Crippen LogP contribution in [0.1, 0.15) is 0 Å². The number of halogens is 11. The van der Waals surface area contributed by atoms with Crippen molar-refractivity contribution in [1.29, 1.82) is 0 Å². The van der Waals surface area contributed by atoms with E-state index in [9.17, 15) is 35.9 Å². The van der Waals surface area contributed by atoms with Gasteiger partial charge in [0.15, 0.2) is 0 Å². The van der Waals surface area contributed by atoms with Crippen LogP contribution in [0.25, 0.3) is 0 Å². The molecule has 0 saturated heterocycles. The summed E-state index contributed by atoms with van der Waals surface area (Å²) in [6.07, 6.45) is 0. The molecule has 4 nitrogen and oxygen atoms in total. The van der Waals surface area contributed by atoms with E-state index in [1.54, 1.807) is 0 Å². The van der Waals surface area contributed by atoms with Crippen molar-refractivity contribution in [2.75, 3.05) is 0 Å². The molecule has 0 aromatic heterocycles. The SMILES string of the molecule is O=C(O)C(F)(F)C(F)(F)C(F)(F)C(=O)N[S].[F-].[F-].[F-].[F-].[F-]. The molecule has 0 rings (SSSR count). The molecule has 0 aliphatic rings. The molecule has 133 valence electrons. The molecule has 0 unspecified atom stereocenters. The van der Waals surface area contributed by atoms with Crippen molar-refractivity contribution in [2.24, 2.45) is 0 Å². The first-order valence-electron chi connectivity index (χ1n) is 3.22. The summed E-state index contributed by atoms with van der Waals surface area (Å²) in [6, 6.07) is 0. The van der Waals surface area contributed by atoms with Gasteiger partial charge in [-0.25, -0.2) is 4.79 Å². The van der Waals surface area contributed by atoms with Crippen LogP contribution in [-0.2, 0) is 9.59 Å². The summed E-state index contributed by atoms with van der Waals surface area (Å²) in [6.45, 7) is 0. The Morgan fingerprint density at radius 1 is 0.810 bits per heavy atom. The number of hydrogen-bond donors (Lipinski definition) is 2. The second kappa shape index (κ2) is 10.3. The molecule has 0 atom stereocenters. The molecule has 0 aromatic rings. The highest BCUT2D eigenvalue weighted by molar-refractivity contribution is 7.78. The average Bonchev–Trinajstić information content (AvgIpc) is 2.15. The van der Waals surface area contributed by atoms with Crippen LogP contribution in [0.4, 0.5) is 26.3 Å². The van der Waals surface area contributed by atoms with Gasteiger partial charge in [0.25, 0.3) is 0 Å². The van der Waals surface area contributed by atoms with Crippen molar-refractivity contribution < 1.29 is 64.6 Å². The zero-order chi connectivity index (χ0) is 13.4. The zero-order valence-corrected chi connectivity index (χ0v) is 9.65. The standard InChI is InChI=1S/C5H2F6NO3S.5FH/c6-3(7,1(13)12-16)5(10,11)4(8,9)2(14)15;;;;;/h(H,12,13)(H,14,15);5*1H/p-5. The highest BCUT2D eigenvalue weighted by atomic mass is 32.1. The van der Waals surface area contributed by atoms with E-state index in [1.165, 1.54) is 0 Å². The van der Waals surface area contributed by atoms with E-state index in [-0.39, 0.29) is 23.5 Å². The van der Waals surface area contributed by atoms with E-state index in [4.69, 9.17) is 5.11 Å². The highest BCUT2D eigenvalue weighted by Crippen LogP contribution is 2.45. The third-order valence-electron chi connectivity index (χ3n) is 1.44. The summed E-state index contributed by atoms with van der Waals surface area (Å²) < 4.78 is 75.1. The molecule has 0 spiro atoms. The van der Waals surface area contributed by atoms with Gasteiger partial charge < -0.3 is 28.6 Å². The largest absolute Gasteiger partial charge is 1.00 e. The number of amides is 1. The van der Waals surface area contributed by atoms with Gasteiger partial charge in [-0.15, -0.1) is 0 Å². The first kappa shape index (κ1) is 36.6. The van der Waals surface area contributed by atoms with E-state index in [1.807, 2.05) is 0 Å². The van der Waals surface area contributed by atoms with Crippen molar-refractivity contribution >= 4 is 24.7 Å². The highest BCUT2D eigenvalue weighted by Gasteiger charge is 2.78. The van der Waals surface area contributed by atoms with Crippen molar-refractivity contribution in [1.82, 2.24) is 4.72 Å². The molecule has 0 bridgehead atoms. The van der Waals surface area contributed by atoms with Crippen molar-refractivity contribution in [3.63, 3.8) is 0 Å².